The monoisotopic (exact) mass is 232 g/mol. The van der Waals surface area contributed by atoms with Gasteiger partial charge in [0.05, 0.1) is 6.42 Å². The molecule has 0 saturated heterocycles. The molecule has 0 atom stereocenters. The van der Waals surface area contributed by atoms with E-state index >= 15 is 0 Å². The van der Waals surface area contributed by atoms with Gasteiger partial charge < -0.3 is 4.57 Å². The van der Waals surface area contributed by atoms with E-state index in [2.05, 4.69) is 4.98 Å². The molecule has 1 heterocycles. The van der Waals surface area contributed by atoms with E-state index in [1.54, 1.807) is 23.9 Å². The molecule has 0 spiro atoms. The third-order valence-corrected chi connectivity index (χ3v) is 2.73. The van der Waals surface area contributed by atoms with Gasteiger partial charge in [-0.3, -0.25) is 4.79 Å². The van der Waals surface area contributed by atoms with Crippen LogP contribution in [0.1, 0.15) is 21.7 Å². The summed E-state index contributed by atoms with van der Waals surface area (Å²) in [4.78, 5) is 16.1. The Bertz CT molecular complexity index is 560. The van der Waals surface area contributed by atoms with Crippen molar-refractivity contribution < 1.29 is 9.18 Å². The summed E-state index contributed by atoms with van der Waals surface area (Å²) in [5.41, 5.74) is 1.21. The Morgan fingerprint density at radius 2 is 2.24 bits per heavy atom. The number of rotatable bonds is 3. The highest BCUT2D eigenvalue weighted by Gasteiger charge is 2.12. The first kappa shape index (κ1) is 11.5. The topological polar surface area (TPSA) is 34.9 Å². The van der Waals surface area contributed by atoms with Crippen molar-refractivity contribution in [2.24, 2.45) is 7.05 Å². The van der Waals surface area contributed by atoms with Gasteiger partial charge in [-0.2, -0.15) is 0 Å². The summed E-state index contributed by atoms with van der Waals surface area (Å²) in [5, 5.41) is 0. The van der Waals surface area contributed by atoms with Gasteiger partial charge in [-0.1, -0.05) is 0 Å². The predicted octanol–water partition coefficient (Wildman–Crippen LogP) is 2.29. The van der Waals surface area contributed by atoms with Gasteiger partial charge in [0.1, 0.15) is 11.6 Å². The van der Waals surface area contributed by atoms with Gasteiger partial charge >= 0.3 is 0 Å². The summed E-state index contributed by atoms with van der Waals surface area (Å²) in [7, 11) is 1.84. The minimum Gasteiger partial charge on any atom is -0.338 e. The highest BCUT2D eigenvalue weighted by Crippen LogP contribution is 2.13. The average molecular weight is 232 g/mol. The van der Waals surface area contributed by atoms with E-state index in [-0.39, 0.29) is 18.0 Å². The molecule has 0 amide bonds. The largest absolute Gasteiger partial charge is 0.338 e. The van der Waals surface area contributed by atoms with Crippen LogP contribution >= 0.6 is 0 Å². The third kappa shape index (κ3) is 2.41. The second kappa shape index (κ2) is 4.49. The number of hydrogen-bond acceptors (Lipinski definition) is 2. The number of carbonyl (C=O) groups excluding carboxylic acids is 1. The lowest BCUT2D eigenvalue weighted by atomic mass is 10.0. The average Bonchev–Trinajstić information content (AvgIpc) is 2.64. The van der Waals surface area contributed by atoms with Crippen molar-refractivity contribution in [1.29, 1.82) is 0 Å². The highest BCUT2D eigenvalue weighted by atomic mass is 19.1. The molecule has 0 aliphatic heterocycles. The standard InChI is InChI=1S/C13H13FN2O/c1-9-7-10(14)3-4-11(9)12(17)8-13-15-5-6-16(13)2/h3-7H,8H2,1-2H3. The molecular weight excluding hydrogens is 219 g/mol. The fourth-order valence-electron chi connectivity index (χ4n) is 1.75. The van der Waals surface area contributed by atoms with Crippen molar-refractivity contribution in [2.75, 3.05) is 0 Å². The molecule has 2 rings (SSSR count). The van der Waals surface area contributed by atoms with E-state index in [0.29, 0.717) is 17.0 Å². The summed E-state index contributed by atoms with van der Waals surface area (Å²) in [5.74, 6) is 0.339. The first-order chi connectivity index (χ1) is 8.08. The van der Waals surface area contributed by atoms with Crippen LogP contribution in [-0.4, -0.2) is 15.3 Å². The quantitative estimate of drug-likeness (QED) is 0.761. The number of imidazole rings is 1. The molecule has 1 aromatic carbocycles. The number of benzene rings is 1. The van der Waals surface area contributed by atoms with Crippen molar-refractivity contribution in [1.82, 2.24) is 9.55 Å². The fourth-order valence-corrected chi connectivity index (χ4v) is 1.75. The molecule has 0 saturated carbocycles. The van der Waals surface area contributed by atoms with E-state index in [0.717, 1.165) is 0 Å². The van der Waals surface area contributed by atoms with Gasteiger partial charge in [0.15, 0.2) is 5.78 Å². The second-order valence-corrected chi connectivity index (χ2v) is 4.01. The first-order valence-corrected chi connectivity index (χ1v) is 5.33. The summed E-state index contributed by atoms with van der Waals surface area (Å²) in [6, 6.07) is 4.19. The molecule has 0 N–H and O–H groups in total. The summed E-state index contributed by atoms with van der Waals surface area (Å²) in [6.07, 6.45) is 3.68. The minimum atomic E-state index is -0.323. The van der Waals surface area contributed by atoms with Crippen molar-refractivity contribution in [3.63, 3.8) is 0 Å². The van der Waals surface area contributed by atoms with Crippen molar-refractivity contribution in [2.45, 2.75) is 13.3 Å². The number of ketones is 1. The van der Waals surface area contributed by atoms with Gasteiger partial charge in [-0.05, 0) is 30.7 Å². The molecule has 2 aromatic rings. The lowest BCUT2D eigenvalue weighted by molar-refractivity contribution is 0.0989. The van der Waals surface area contributed by atoms with Crippen LogP contribution in [0.2, 0.25) is 0 Å². The number of halogens is 1. The Balaban J connectivity index is 2.23. The van der Waals surface area contributed by atoms with Gasteiger partial charge in [0, 0.05) is 25.0 Å². The molecule has 0 bridgehead atoms. The Morgan fingerprint density at radius 3 is 2.82 bits per heavy atom. The van der Waals surface area contributed by atoms with Crippen LogP contribution in [0.3, 0.4) is 0 Å². The molecule has 0 aliphatic carbocycles. The zero-order chi connectivity index (χ0) is 12.4. The molecule has 0 radical (unpaired) electrons. The Labute approximate surface area is 98.9 Å². The highest BCUT2D eigenvalue weighted by molar-refractivity contribution is 5.98. The van der Waals surface area contributed by atoms with Crippen molar-refractivity contribution in [3.8, 4) is 0 Å². The zero-order valence-electron chi connectivity index (χ0n) is 9.77. The molecule has 17 heavy (non-hydrogen) atoms. The fraction of sp³-hybridized carbons (Fsp3) is 0.231. The Kier molecular flexibility index (Phi) is 3.04. The van der Waals surface area contributed by atoms with Gasteiger partial charge in [0.2, 0.25) is 0 Å². The van der Waals surface area contributed by atoms with Crippen LogP contribution in [0, 0.1) is 12.7 Å². The molecule has 1 aromatic heterocycles. The number of hydrogen-bond donors (Lipinski definition) is 0. The number of aromatic nitrogens is 2. The smallest absolute Gasteiger partial charge is 0.170 e. The van der Waals surface area contributed by atoms with Crippen LogP contribution in [0.15, 0.2) is 30.6 Å². The second-order valence-electron chi connectivity index (χ2n) is 4.01. The minimum absolute atomic E-state index is 0.0446. The van der Waals surface area contributed by atoms with Crippen LogP contribution in [0.5, 0.6) is 0 Å². The SMILES string of the molecule is Cc1cc(F)ccc1C(=O)Cc1nccn1C. The summed E-state index contributed by atoms with van der Waals surface area (Å²) < 4.78 is 14.7. The molecule has 3 nitrogen and oxygen atoms in total. The molecule has 88 valence electrons. The molecule has 0 fully saturated rings. The Morgan fingerprint density at radius 1 is 1.47 bits per heavy atom. The van der Waals surface area contributed by atoms with Gasteiger partial charge in [-0.25, -0.2) is 9.37 Å². The van der Waals surface area contributed by atoms with Crippen LogP contribution in [-0.2, 0) is 13.5 Å². The van der Waals surface area contributed by atoms with Crippen LogP contribution in [0.4, 0.5) is 4.39 Å². The van der Waals surface area contributed by atoms with Crippen molar-refractivity contribution >= 4 is 5.78 Å². The molecule has 0 aliphatic rings. The normalized spacial score (nSPS) is 10.5. The lowest BCUT2D eigenvalue weighted by Crippen LogP contribution is -2.09. The zero-order valence-corrected chi connectivity index (χ0v) is 9.77. The first-order valence-electron chi connectivity index (χ1n) is 5.33. The lowest BCUT2D eigenvalue weighted by Gasteiger charge is -2.05. The summed E-state index contributed by atoms with van der Waals surface area (Å²) >= 11 is 0. The molecule has 0 unspecified atom stereocenters. The third-order valence-electron chi connectivity index (χ3n) is 2.73. The maximum absolute atomic E-state index is 12.9. The van der Waals surface area contributed by atoms with Crippen LogP contribution in [0.25, 0.3) is 0 Å². The van der Waals surface area contributed by atoms with E-state index in [4.69, 9.17) is 0 Å². The number of Topliss-reactive ketones (excluding diaryl/α,β-unsaturated/α-hetero) is 1. The molecule has 4 heteroatoms. The summed E-state index contributed by atoms with van der Waals surface area (Å²) in [6.45, 7) is 1.73. The van der Waals surface area contributed by atoms with E-state index < -0.39 is 0 Å². The number of nitrogens with zero attached hydrogens (tertiary/aromatic N) is 2. The molecular formula is C13H13FN2O. The predicted molar refractivity (Wildman–Crippen MR) is 62.4 cm³/mol. The number of carbonyl (C=O) groups is 1. The Hall–Kier alpha value is -1.97. The maximum Gasteiger partial charge on any atom is 0.170 e. The van der Waals surface area contributed by atoms with Crippen LogP contribution < -0.4 is 0 Å². The van der Waals surface area contributed by atoms with Gasteiger partial charge in [0.25, 0.3) is 0 Å². The maximum atomic E-state index is 12.9. The van der Waals surface area contributed by atoms with E-state index in [1.807, 2.05) is 7.05 Å². The van der Waals surface area contributed by atoms with Gasteiger partial charge in [-0.15, -0.1) is 0 Å². The van der Waals surface area contributed by atoms with E-state index in [1.165, 1.54) is 18.2 Å². The number of aryl methyl sites for hydroxylation is 2. The van der Waals surface area contributed by atoms with E-state index in [9.17, 15) is 9.18 Å². The van der Waals surface area contributed by atoms with Crippen molar-refractivity contribution in [3.05, 3.63) is 53.4 Å².